The van der Waals surface area contributed by atoms with Gasteiger partial charge in [-0.15, -0.1) is 0 Å². The number of fused-ring (bicyclic) bond motifs is 1. The van der Waals surface area contributed by atoms with Crippen LogP contribution in [-0.4, -0.2) is 25.7 Å². The highest BCUT2D eigenvalue weighted by Crippen LogP contribution is 2.40. The van der Waals surface area contributed by atoms with E-state index in [1.54, 1.807) is 24.3 Å². The Balaban J connectivity index is 1.89. The van der Waals surface area contributed by atoms with Gasteiger partial charge in [0.2, 0.25) is 0 Å². The third kappa shape index (κ3) is 3.82. The minimum Gasteiger partial charge on any atom is -0.493 e. The van der Waals surface area contributed by atoms with Crippen LogP contribution in [0.2, 0.25) is 0 Å². The quantitative estimate of drug-likeness (QED) is 0.594. The molecule has 0 aromatic heterocycles. The molecule has 5 heteroatoms. The van der Waals surface area contributed by atoms with E-state index < -0.39 is 11.9 Å². The first-order chi connectivity index (χ1) is 12.9. The summed E-state index contributed by atoms with van der Waals surface area (Å²) in [5.41, 5.74) is 2.81. The maximum atomic E-state index is 12.8. The number of rotatable bonds is 4. The number of esters is 2. The summed E-state index contributed by atoms with van der Waals surface area (Å²) in [6.07, 6.45) is 1.59. The summed E-state index contributed by atoms with van der Waals surface area (Å²) in [5, 5.41) is 0. The maximum Gasteiger partial charge on any atom is 0.343 e. The average molecular weight is 368 g/mol. The molecule has 0 aliphatic carbocycles. The number of hydrogen-bond acceptors (Lipinski definition) is 5. The Morgan fingerprint density at radius 2 is 1.81 bits per heavy atom. The number of benzene rings is 2. The number of carbonyl (C=O) groups excluding carboxylic acids is 2. The van der Waals surface area contributed by atoms with Gasteiger partial charge in [0.1, 0.15) is 11.5 Å². The van der Waals surface area contributed by atoms with Crippen molar-refractivity contribution in [1.29, 1.82) is 0 Å². The fourth-order valence-corrected chi connectivity index (χ4v) is 3.24. The number of methoxy groups -OCH3 is 1. The Bertz CT molecular complexity index is 865. The average Bonchev–Trinajstić information content (AvgIpc) is 2.66. The van der Waals surface area contributed by atoms with Gasteiger partial charge in [0.15, 0.2) is 0 Å². The SMILES string of the molecule is CCc1cc2c(cc1C(=O)Oc1ccc(C(=O)OC)cc1)C(C)(C)CCO2. The van der Waals surface area contributed by atoms with Crippen LogP contribution in [0, 0.1) is 0 Å². The molecule has 1 aliphatic rings. The van der Waals surface area contributed by atoms with Gasteiger partial charge in [-0.05, 0) is 60.2 Å². The second kappa shape index (κ2) is 7.43. The molecule has 0 bridgehead atoms. The van der Waals surface area contributed by atoms with E-state index in [0.717, 1.165) is 23.3 Å². The number of hydrogen-bond donors (Lipinski definition) is 0. The van der Waals surface area contributed by atoms with Crippen molar-refractivity contribution in [1.82, 2.24) is 0 Å². The minimum absolute atomic E-state index is 0.0585. The van der Waals surface area contributed by atoms with Crippen LogP contribution in [0.25, 0.3) is 0 Å². The Hall–Kier alpha value is -2.82. The van der Waals surface area contributed by atoms with E-state index in [2.05, 4.69) is 18.6 Å². The van der Waals surface area contributed by atoms with Gasteiger partial charge in [-0.25, -0.2) is 9.59 Å². The smallest absolute Gasteiger partial charge is 0.343 e. The van der Waals surface area contributed by atoms with Crippen LogP contribution >= 0.6 is 0 Å². The summed E-state index contributed by atoms with van der Waals surface area (Å²) in [5.74, 6) is 0.380. The first-order valence-corrected chi connectivity index (χ1v) is 9.06. The fraction of sp³-hybridized carbons (Fsp3) is 0.364. The molecule has 0 radical (unpaired) electrons. The molecule has 1 heterocycles. The van der Waals surface area contributed by atoms with Gasteiger partial charge >= 0.3 is 11.9 Å². The Labute approximate surface area is 159 Å². The molecule has 5 nitrogen and oxygen atoms in total. The molecule has 0 amide bonds. The van der Waals surface area contributed by atoms with Crippen LogP contribution in [0.1, 0.15) is 59.0 Å². The van der Waals surface area contributed by atoms with E-state index in [9.17, 15) is 9.59 Å². The molecule has 142 valence electrons. The van der Waals surface area contributed by atoms with Crippen molar-refractivity contribution in [3.8, 4) is 11.5 Å². The Kier molecular flexibility index (Phi) is 5.22. The largest absolute Gasteiger partial charge is 0.493 e. The van der Waals surface area contributed by atoms with Gasteiger partial charge in [-0.2, -0.15) is 0 Å². The highest BCUT2D eigenvalue weighted by atomic mass is 16.5. The molecule has 0 atom stereocenters. The standard InChI is InChI=1S/C22H24O5/c1-5-14-12-19-18(22(2,3)10-11-26-19)13-17(14)21(24)27-16-8-6-15(7-9-16)20(23)25-4/h6-9,12-13H,5,10-11H2,1-4H3. The molecule has 1 aliphatic heterocycles. The Morgan fingerprint density at radius 3 is 2.44 bits per heavy atom. The van der Waals surface area contributed by atoms with E-state index in [1.807, 2.05) is 19.1 Å². The molecular weight excluding hydrogens is 344 g/mol. The number of carbonyl (C=O) groups is 2. The van der Waals surface area contributed by atoms with Crippen LogP contribution in [-0.2, 0) is 16.6 Å². The van der Waals surface area contributed by atoms with Gasteiger partial charge in [-0.1, -0.05) is 20.8 Å². The first kappa shape index (κ1) is 19.0. The predicted molar refractivity (Wildman–Crippen MR) is 102 cm³/mol. The van der Waals surface area contributed by atoms with E-state index >= 15 is 0 Å². The molecule has 27 heavy (non-hydrogen) atoms. The van der Waals surface area contributed by atoms with Crippen LogP contribution < -0.4 is 9.47 Å². The maximum absolute atomic E-state index is 12.8. The lowest BCUT2D eigenvalue weighted by Crippen LogP contribution is -2.27. The van der Waals surface area contributed by atoms with Crippen molar-refractivity contribution in [3.05, 3.63) is 58.7 Å². The molecule has 0 saturated heterocycles. The highest BCUT2D eigenvalue weighted by Gasteiger charge is 2.31. The zero-order valence-corrected chi connectivity index (χ0v) is 16.1. The molecular formula is C22H24O5. The zero-order valence-electron chi connectivity index (χ0n) is 16.1. The van der Waals surface area contributed by atoms with Crippen molar-refractivity contribution in [2.75, 3.05) is 13.7 Å². The molecule has 2 aromatic rings. The third-order valence-corrected chi connectivity index (χ3v) is 5.01. The van der Waals surface area contributed by atoms with Gasteiger partial charge in [0, 0.05) is 5.56 Å². The number of ether oxygens (including phenoxy) is 3. The molecule has 2 aromatic carbocycles. The fourth-order valence-electron chi connectivity index (χ4n) is 3.24. The lowest BCUT2D eigenvalue weighted by Gasteiger charge is -2.33. The van der Waals surface area contributed by atoms with Crippen molar-refractivity contribution < 1.29 is 23.8 Å². The lowest BCUT2D eigenvalue weighted by atomic mass is 9.78. The van der Waals surface area contributed by atoms with Crippen molar-refractivity contribution in [3.63, 3.8) is 0 Å². The van der Waals surface area contributed by atoms with Gasteiger partial charge in [0.05, 0.1) is 24.8 Å². The molecule has 0 N–H and O–H groups in total. The van der Waals surface area contributed by atoms with Crippen LogP contribution in [0.4, 0.5) is 0 Å². The molecule has 0 saturated carbocycles. The molecule has 0 spiro atoms. The van der Waals surface area contributed by atoms with Gasteiger partial charge < -0.3 is 14.2 Å². The summed E-state index contributed by atoms with van der Waals surface area (Å²) in [7, 11) is 1.32. The summed E-state index contributed by atoms with van der Waals surface area (Å²) in [6.45, 7) is 6.98. The minimum atomic E-state index is -0.432. The third-order valence-electron chi connectivity index (χ3n) is 5.01. The van der Waals surface area contributed by atoms with E-state index in [1.165, 1.54) is 7.11 Å². The van der Waals surface area contributed by atoms with E-state index in [-0.39, 0.29) is 5.41 Å². The second-order valence-corrected chi connectivity index (χ2v) is 7.25. The normalized spacial score (nSPS) is 14.7. The zero-order chi connectivity index (χ0) is 19.6. The van der Waals surface area contributed by atoms with E-state index in [0.29, 0.717) is 29.9 Å². The number of aryl methyl sites for hydroxylation is 1. The summed E-state index contributed by atoms with van der Waals surface area (Å²) < 4.78 is 16.0. The van der Waals surface area contributed by atoms with Crippen LogP contribution in [0.15, 0.2) is 36.4 Å². The highest BCUT2D eigenvalue weighted by molar-refractivity contribution is 5.94. The second-order valence-electron chi connectivity index (χ2n) is 7.25. The monoisotopic (exact) mass is 368 g/mol. The molecule has 3 rings (SSSR count). The summed E-state index contributed by atoms with van der Waals surface area (Å²) in [6, 6.07) is 10.2. The molecule has 0 fully saturated rings. The topological polar surface area (TPSA) is 61.8 Å². The van der Waals surface area contributed by atoms with Crippen molar-refractivity contribution in [2.24, 2.45) is 0 Å². The first-order valence-electron chi connectivity index (χ1n) is 9.06. The van der Waals surface area contributed by atoms with Gasteiger partial charge in [0.25, 0.3) is 0 Å². The van der Waals surface area contributed by atoms with Crippen LogP contribution in [0.5, 0.6) is 11.5 Å². The van der Waals surface area contributed by atoms with E-state index in [4.69, 9.17) is 9.47 Å². The van der Waals surface area contributed by atoms with Gasteiger partial charge in [-0.3, -0.25) is 0 Å². The predicted octanol–water partition coefficient (Wildman–Crippen LogP) is 4.31. The van der Waals surface area contributed by atoms with Crippen molar-refractivity contribution >= 4 is 11.9 Å². The van der Waals surface area contributed by atoms with Crippen molar-refractivity contribution in [2.45, 2.75) is 39.0 Å². The Morgan fingerprint density at radius 1 is 1.11 bits per heavy atom. The molecule has 0 unspecified atom stereocenters. The van der Waals surface area contributed by atoms with Crippen LogP contribution in [0.3, 0.4) is 0 Å². The lowest BCUT2D eigenvalue weighted by molar-refractivity contribution is 0.0600. The summed E-state index contributed by atoms with van der Waals surface area (Å²) in [4.78, 5) is 24.3. The summed E-state index contributed by atoms with van der Waals surface area (Å²) >= 11 is 0.